The number of thiophene rings is 1. The molecule has 6 nitrogen and oxygen atoms in total. The molecular weight excluding hydrogens is 326 g/mol. The Kier molecular flexibility index (Phi) is 4.74. The fourth-order valence-electron chi connectivity index (χ4n) is 1.83. The Balaban J connectivity index is 2.43. The fraction of sp³-hybridized carbons (Fsp3) is 0.143. The molecule has 1 amide bonds. The molecule has 116 valence electrons. The van der Waals surface area contributed by atoms with Crippen LogP contribution in [0.15, 0.2) is 52.7 Å². The van der Waals surface area contributed by atoms with E-state index < -0.39 is 27.9 Å². The van der Waals surface area contributed by atoms with E-state index in [1.165, 1.54) is 30.3 Å². The number of nitrogens with zero attached hydrogens (tertiary/aromatic N) is 1. The van der Waals surface area contributed by atoms with Gasteiger partial charge < -0.3 is 5.11 Å². The number of carbonyl (C=O) groups is 2. The average Bonchev–Trinajstić information content (AvgIpc) is 3.01. The molecule has 1 atom stereocenters. The van der Waals surface area contributed by atoms with Crippen molar-refractivity contribution in [2.24, 2.45) is 0 Å². The quantitative estimate of drug-likeness (QED) is 0.658. The van der Waals surface area contributed by atoms with Gasteiger partial charge in [-0.3, -0.25) is 9.59 Å². The lowest BCUT2D eigenvalue weighted by Crippen LogP contribution is -2.47. The number of hydrogen-bond acceptors (Lipinski definition) is 6. The molecule has 0 bridgehead atoms. The topological polar surface area (TPSA) is 91.8 Å². The third kappa shape index (κ3) is 3.08. The van der Waals surface area contributed by atoms with Crippen LogP contribution in [0.5, 0.6) is 0 Å². The molecule has 22 heavy (non-hydrogen) atoms. The minimum atomic E-state index is -4.32. The van der Waals surface area contributed by atoms with Crippen LogP contribution in [0.1, 0.15) is 16.6 Å². The van der Waals surface area contributed by atoms with Crippen LogP contribution in [-0.2, 0) is 14.8 Å². The molecule has 0 saturated carbocycles. The molecule has 1 N–H and O–H groups in total. The molecule has 1 aromatic heterocycles. The van der Waals surface area contributed by atoms with E-state index in [9.17, 15) is 23.1 Å². The van der Waals surface area contributed by atoms with Gasteiger partial charge in [-0.1, -0.05) is 24.3 Å². The second kappa shape index (κ2) is 6.39. The van der Waals surface area contributed by atoms with Crippen molar-refractivity contribution in [3.8, 4) is 0 Å². The second-order valence-corrected chi connectivity index (χ2v) is 7.11. The van der Waals surface area contributed by atoms with Gasteiger partial charge in [0.25, 0.3) is 10.0 Å². The summed E-state index contributed by atoms with van der Waals surface area (Å²) in [6, 6.07) is 10.2. The molecule has 0 radical (unpaired) electrons. The first-order chi connectivity index (χ1) is 10.4. The van der Waals surface area contributed by atoms with E-state index in [4.69, 9.17) is 0 Å². The molecule has 0 spiro atoms. The van der Waals surface area contributed by atoms with Crippen LogP contribution in [0, 0.1) is 0 Å². The summed E-state index contributed by atoms with van der Waals surface area (Å²) in [5.74, 6) is -1.79. The van der Waals surface area contributed by atoms with Gasteiger partial charge in [-0.25, -0.2) is 12.7 Å². The highest BCUT2D eigenvalue weighted by molar-refractivity contribution is 7.89. The summed E-state index contributed by atoms with van der Waals surface area (Å²) >= 11 is 1.05. The third-order valence-corrected chi connectivity index (χ3v) is 5.56. The molecule has 2 rings (SSSR count). The van der Waals surface area contributed by atoms with E-state index in [0.29, 0.717) is 0 Å². The SMILES string of the molecule is CC(=O)N(C(O)C(=O)c1cccs1)S(=O)(=O)c1ccccc1. The summed E-state index contributed by atoms with van der Waals surface area (Å²) in [6.45, 7) is 0.978. The lowest BCUT2D eigenvalue weighted by Gasteiger charge is -2.24. The Morgan fingerprint density at radius 2 is 1.77 bits per heavy atom. The van der Waals surface area contributed by atoms with Crippen molar-refractivity contribution < 1.29 is 23.1 Å². The van der Waals surface area contributed by atoms with Gasteiger partial charge in [-0.05, 0) is 23.6 Å². The number of hydrogen-bond donors (Lipinski definition) is 1. The maximum atomic E-state index is 12.5. The van der Waals surface area contributed by atoms with Gasteiger partial charge >= 0.3 is 0 Å². The van der Waals surface area contributed by atoms with Gasteiger partial charge in [0, 0.05) is 6.92 Å². The van der Waals surface area contributed by atoms with Crippen molar-refractivity contribution in [2.75, 3.05) is 0 Å². The summed E-state index contributed by atoms with van der Waals surface area (Å²) in [7, 11) is -4.32. The van der Waals surface area contributed by atoms with E-state index in [1.54, 1.807) is 17.5 Å². The maximum absolute atomic E-state index is 12.5. The minimum absolute atomic E-state index is 0.169. The van der Waals surface area contributed by atoms with E-state index in [1.807, 2.05) is 0 Å². The van der Waals surface area contributed by atoms with Crippen molar-refractivity contribution in [3.63, 3.8) is 0 Å². The largest absolute Gasteiger partial charge is 0.366 e. The van der Waals surface area contributed by atoms with E-state index in [0.717, 1.165) is 18.3 Å². The zero-order chi connectivity index (χ0) is 16.3. The van der Waals surface area contributed by atoms with Gasteiger partial charge in [0.15, 0.2) is 0 Å². The molecule has 0 aliphatic carbocycles. The number of Topliss-reactive ketones (excluding diaryl/α,β-unsaturated/α-hetero) is 1. The first-order valence-corrected chi connectivity index (χ1v) is 8.53. The van der Waals surface area contributed by atoms with Crippen LogP contribution in [0.3, 0.4) is 0 Å². The Bertz CT molecular complexity index is 769. The van der Waals surface area contributed by atoms with Gasteiger partial charge in [0.1, 0.15) is 0 Å². The monoisotopic (exact) mass is 339 g/mol. The summed E-state index contributed by atoms with van der Waals surface area (Å²) in [5, 5.41) is 11.7. The van der Waals surface area contributed by atoms with Gasteiger partial charge in [0.2, 0.25) is 17.9 Å². The molecule has 0 fully saturated rings. The number of sulfonamides is 1. The molecule has 1 aromatic carbocycles. The molecule has 1 unspecified atom stereocenters. The van der Waals surface area contributed by atoms with Gasteiger partial charge in [0.05, 0.1) is 9.77 Å². The van der Waals surface area contributed by atoms with Crippen molar-refractivity contribution in [3.05, 3.63) is 52.7 Å². The Morgan fingerprint density at radius 3 is 2.27 bits per heavy atom. The van der Waals surface area contributed by atoms with Crippen LogP contribution in [0.25, 0.3) is 0 Å². The van der Waals surface area contributed by atoms with E-state index >= 15 is 0 Å². The molecule has 8 heteroatoms. The number of aliphatic hydroxyl groups is 1. The Hall–Kier alpha value is -2.03. The highest BCUT2D eigenvalue weighted by atomic mass is 32.2. The van der Waals surface area contributed by atoms with Crippen LogP contribution in [-0.4, -0.2) is 35.7 Å². The molecule has 0 aliphatic heterocycles. The van der Waals surface area contributed by atoms with Gasteiger partial charge in [-0.2, -0.15) is 0 Å². The number of carbonyl (C=O) groups excluding carboxylic acids is 2. The highest BCUT2D eigenvalue weighted by Crippen LogP contribution is 2.21. The minimum Gasteiger partial charge on any atom is -0.366 e. The average molecular weight is 339 g/mol. The molecule has 2 aromatic rings. The third-order valence-electron chi connectivity index (χ3n) is 2.83. The standard InChI is InChI=1S/C14H13NO5S2/c1-10(16)15(14(18)13(17)12-8-5-9-21-12)22(19,20)11-6-3-2-4-7-11/h2-9,14,18H,1H3. The van der Waals surface area contributed by atoms with Crippen LogP contribution in [0.2, 0.25) is 0 Å². The predicted octanol–water partition coefficient (Wildman–Crippen LogP) is 1.49. The lowest BCUT2D eigenvalue weighted by molar-refractivity contribution is -0.128. The second-order valence-electron chi connectivity index (χ2n) is 4.35. The van der Waals surface area contributed by atoms with Crippen molar-refractivity contribution >= 4 is 33.1 Å². The van der Waals surface area contributed by atoms with Gasteiger partial charge in [-0.15, -0.1) is 11.3 Å². The maximum Gasteiger partial charge on any atom is 0.269 e. The zero-order valence-corrected chi connectivity index (χ0v) is 13.2. The molecule has 0 saturated heterocycles. The fourth-order valence-corrected chi connectivity index (χ4v) is 3.94. The number of amides is 1. The van der Waals surface area contributed by atoms with Crippen LogP contribution < -0.4 is 0 Å². The predicted molar refractivity (Wildman–Crippen MR) is 80.8 cm³/mol. The zero-order valence-electron chi connectivity index (χ0n) is 11.5. The Labute approximate surface area is 131 Å². The van der Waals surface area contributed by atoms with E-state index in [2.05, 4.69) is 0 Å². The summed E-state index contributed by atoms with van der Waals surface area (Å²) in [4.78, 5) is 23.8. The first-order valence-electron chi connectivity index (χ1n) is 6.21. The summed E-state index contributed by atoms with van der Waals surface area (Å²) in [5.41, 5.74) is 0. The number of ketones is 1. The molecular formula is C14H13NO5S2. The molecule has 0 aliphatic rings. The normalized spacial score (nSPS) is 12.6. The van der Waals surface area contributed by atoms with Crippen molar-refractivity contribution in [2.45, 2.75) is 18.0 Å². The molecule has 1 heterocycles. The summed E-state index contributed by atoms with van der Waals surface area (Å²) in [6.07, 6.45) is -2.10. The number of rotatable bonds is 5. The van der Waals surface area contributed by atoms with Crippen molar-refractivity contribution in [1.29, 1.82) is 0 Å². The van der Waals surface area contributed by atoms with Crippen molar-refractivity contribution in [1.82, 2.24) is 4.31 Å². The number of benzene rings is 1. The lowest BCUT2D eigenvalue weighted by atomic mass is 10.3. The highest BCUT2D eigenvalue weighted by Gasteiger charge is 2.37. The van der Waals surface area contributed by atoms with E-state index in [-0.39, 0.29) is 14.1 Å². The number of aliphatic hydroxyl groups excluding tert-OH is 1. The first kappa shape index (κ1) is 16.3. The summed E-state index contributed by atoms with van der Waals surface area (Å²) < 4.78 is 25.2. The smallest absolute Gasteiger partial charge is 0.269 e. The Morgan fingerprint density at radius 1 is 1.14 bits per heavy atom. The van der Waals surface area contributed by atoms with Crippen LogP contribution in [0.4, 0.5) is 0 Å². The van der Waals surface area contributed by atoms with Crippen LogP contribution >= 0.6 is 11.3 Å².